The Morgan fingerprint density at radius 3 is 2.00 bits per heavy atom. The van der Waals surface area contributed by atoms with Gasteiger partial charge in [-0.05, 0) is 37.5 Å². The first kappa shape index (κ1) is 19.5. The molecule has 0 heterocycles. The molecule has 130 valence electrons. The highest BCUT2D eigenvalue weighted by molar-refractivity contribution is 5.81. The van der Waals surface area contributed by atoms with Gasteiger partial charge >= 0.3 is 0 Å². The molecule has 0 aliphatic carbocycles. The molecule has 0 bridgehead atoms. The predicted octanol–water partition coefficient (Wildman–Crippen LogP) is 4.10. The minimum Gasteiger partial charge on any atom is -0.508 e. The van der Waals surface area contributed by atoms with E-state index in [1.54, 1.807) is 0 Å². The number of aliphatic hydroxyl groups excluding tert-OH is 1. The smallest absolute Gasteiger partial charge is 0.137 e. The van der Waals surface area contributed by atoms with Crippen LogP contribution in [0.3, 0.4) is 0 Å². The van der Waals surface area contributed by atoms with E-state index in [-0.39, 0.29) is 29.8 Å². The molecule has 0 aliphatic heterocycles. The average Bonchev–Trinajstić information content (AvgIpc) is 2.44. The molecule has 0 aromatic heterocycles. The number of hydrogen-bond donors (Lipinski definition) is 3. The Morgan fingerprint density at radius 1 is 0.913 bits per heavy atom. The molecule has 3 N–H and O–H groups in total. The molecule has 0 aliphatic rings. The van der Waals surface area contributed by atoms with Crippen molar-refractivity contribution in [3.63, 3.8) is 0 Å². The van der Waals surface area contributed by atoms with Gasteiger partial charge in [0.1, 0.15) is 17.3 Å². The lowest BCUT2D eigenvalue weighted by molar-refractivity contribution is -0.118. The third kappa shape index (κ3) is 9.95. The fourth-order valence-electron chi connectivity index (χ4n) is 2.72. The van der Waals surface area contributed by atoms with E-state index in [0.717, 1.165) is 32.1 Å². The lowest BCUT2D eigenvalue weighted by atomic mass is 10.0. The van der Waals surface area contributed by atoms with Crippen LogP contribution in [0, 0.1) is 0 Å². The van der Waals surface area contributed by atoms with Crippen molar-refractivity contribution in [3.8, 4) is 11.5 Å². The zero-order chi connectivity index (χ0) is 17.1. The summed E-state index contributed by atoms with van der Waals surface area (Å²) in [5.74, 6) is 0.124. The monoisotopic (exact) mass is 322 g/mol. The Balaban J connectivity index is 2.04. The van der Waals surface area contributed by atoms with Crippen LogP contribution in [0.15, 0.2) is 18.2 Å². The number of hydrogen-bond acceptors (Lipinski definition) is 4. The predicted molar refractivity (Wildman–Crippen MR) is 91.7 cm³/mol. The van der Waals surface area contributed by atoms with Crippen LogP contribution in [0.5, 0.6) is 11.5 Å². The maximum absolute atomic E-state index is 11.9. The molecule has 0 fully saturated rings. The summed E-state index contributed by atoms with van der Waals surface area (Å²) in [4.78, 5) is 11.9. The van der Waals surface area contributed by atoms with Crippen LogP contribution < -0.4 is 0 Å². The molecule has 1 rings (SSSR count). The van der Waals surface area contributed by atoms with E-state index < -0.39 is 0 Å². The number of ketones is 1. The number of aliphatic hydroxyl groups is 1. The molecule has 0 radical (unpaired) electrons. The van der Waals surface area contributed by atoms with E-state index in [1.807, 2.05) is 6.92 Å². The van der Waals surface area contributed by atoms with E-state index >= 15 is 0 Å². The molecule has 1 aromatic rings. The van der Waals surface area contributed by atoms with Gasteiger partial charge < -0.3 is 15.3 Å². The maximum Gasteiger partial charge on any atom is 0.137 e. The average molecular weight is 322 g/mol. The maximum atomic E-state index is 11.9. The number of carbonyl (C=O) groups is 1. The fraction of sp³-hybridized carbons (Fsp3) is 0.632. The Morgan fingerprint density at radius 2 is 1.43 bits per heavy atom. The van der Waals surface area contributed by atoms with Crippen molar-refractivity contribution in [2.24, 2.45) is 0 Å². The van der Waals surface area contributed by atoms with E-state index in [1.165, 1.54) is 37.5 Å². The van der Waals surface area contributed by atoms with Gasteiger partial charge in [-0.25, -0.2) is 0 Å². The molecule has 1 aromatic carbocycles. The van der Waals surface area contributed by atoms with Crippen LogP contribution in [0.1, 0.15) is 70.3 Å². The summed E-state index contributed by atoms with van der Waals surface area (Å²) in [6, 6.07) is 4.30. The third-order valence-electron chi connectivity index (χ3n) is 3.94. The summed E-state index contributed by atoms with van der Waals surface area (Å²) >= 11 is 0. The van der Waals surface area contributed by atoms with Crippen molar-refractivity contribution in [2.75, 3.05) is 0 Å². The first-order chi connectivity index (χ1) is 11.0. The van der Waals surface area contributed by atoms with Gasteiger partial charge in [-0.3, -0.25) is 4.79 Å². The minimum atomic E-state index is -0.186. The highest BCUT2D eigenvalue weighted by atomic mass is 16.3. The van der Waals surface area contributed by atoms with Crippen molar-refractivity contribution >= 4 is 5.78 Å². The van der Waals surface area contributed by atoms with Crippen molar-refractivity contribution < 1.29 is 20.1 Å². The lowest BCUT2D eigenvalue weighted by Gasteiger charge is -2.05. The molecule has 4 heteroatoms. The highest BCUT2D eigenvalue weighted by Crippen LogP contribution is 2.21. The Bertz CT molecular complexity index is 448. The topological polar surface area (TPSA) is 77.8 Å². The third-order valence-corrected chi connectivity index (χ3v) is 3.94. The second kappa shape index (κ2) is 11.1. The van der Waals surface area contributed by atoms with E-state index in [2.05, 4.69) is 0 Å². The van der Waals surface area contributed by atoms with Gasteiger partial charge in [0, 0.05) is 18.9 Å². The van der Waals surface area contributed by atoms with Crippen LogP contribution in [-0.4, -0.2) is 27.2 Å². The molecule has 0 spiro atoms. The van der Waals surface area contributed by atoms with Gasteiger partial charge in [-0.1, -0.05) is 38.5 Å². The first-order valence-corrected chi connectivity index (χ1v) is 8.69. The SMILES string of the molecule is C[C@@H](O)CCCCCCCCCC(=O)Cc1cc(O)cc(O)c1. The molecule has 0 amide bonds. The van der Waals surface area contributed by atoms with E-state index in [4.69, 9.17) is 5.11 Å². The molecular weight excluding hydrogens is 292 g/mol. The van der Waals surface area contributed by atoms with Crippen molar-refractivity contribution in [2.45, 2.75) is 77.2 Å². The summed E-state index contributed by atoms with van der Waals surface area (Å²) in [7, 11) is 0. The number of Topliss-reactive ketones (excluding diaryl/α,β-unsaturated/α-hetero) is 1. The summed E-state index contributed by atoms with van der Waals surface area (Å²) in [6.45, 7) is 1.83. The number of aromatic hydroxyl groups is 2. The van der Waals surface area contributed by atoms with Gasteiger partial charge in [0.05, 0.1) is 6.10 Å². The zero-order valence-corrected chi connectivity index (χ0v) is 14.1. The second-order valence-corrected chi connectivity index (χ2v) is 6.44. The van der Waals surface area contributed by atoms with Crippen LogP contribution in [0.2, 0.25) is 0 Å². The van der Waals surface area contributed by atoms with Crippen LogP contribution >= 0.6 is 0 Å². The number of carbonyl (C=O) groups excluding carboxylic acids is 1. The molecule has 0 unspecified atom stereocenters. The highest BCUT2D eigenvalue weighted by Gasteiger charge is 2.06. The van der Waals surface area contributed by atoms with Crippen molar-refractivity contribution in [3.05, 3.63) is 23.8 Å². The molecule has 23 heavy (non-hydrogen) atoms. The Kier molecular flexibility index (Phi) is 9.37. The summed E-state index contributed by atoms with van der Waals surface area (Å²) in [5.41, 5.74) is 0.658. The minimum absolute atomic E-state index is 0.0107. The summed E-state index contributed by atoms with van der Waals surface area (Å²) in [5, 5.41) is 27.9. The molecule has 1 atom stereocenters. The standard InChI is InChI=1S/C19H30O4/c1-15(20)9-7-5-3-2-4-6-8-10-17(21)11-16-12-18(22)14-19(23)13-16/h12-15,20,22-23H,2-11H2,1H3/t15-/m1/s1. The largest absolute Gasteiger partial charge is 0.508 e. The molecule has 0 saturated heterocycles. The summed E-state index contributed by atoms with van der Waals surface area (Å²) in [6.07, 6.45) is 9.28. The first-order valence-electron chi connectivity index (χ1n) is 8.69. The Hall–Kier alpha value is -1.55. The van der Waals surface area contributed by atoms with Gasteiger partial charge in [0.15, 0.2) is 0 Å². The molecule has 4 nitrogen and oxygen atoms in total. The van der Waals surface area contributed by atoms with Crippen LogP contribution in [0.4, 0.5) is 0 Å². The second-order valence-electron chi connectivity index (χ2n) is 6.44. The number of phenols is 2. The normalized spacial score (nSPS) is 12.3. The number of phenolic OH excluding ortho intramolecular Hbond substituents is 2. The fourth-order valence-corrected chi connectivity index (χ4v) is 2.72. The van der Waals surface area contributed by atoms with E-state index in [9.17, 15) is 15.0 Å². The van der Waals surface area contributed by atoms with Gasteiger partial charge in [-0.2, -0.15) is 0 Å². The van der Waals surface area contributed by atoms with Crippen molar-refractivity contribution in [1.29, 1.82) is 0 Å². The molecular formula is C19H30O4. The quantitative estimate of drug-likeness (QED) is 0.506. The number of rotatable bonds is 12. The van der Waals surface area contributed by atoms with Gasteiger partial charge in [0.2, 0.25) is 0 Å². The number of unbranched alkanes of at least 4 members (excludes halogenated alkanes) is 6. The van der Waals surface area contributed by atoms with Gasteiger partial charge in [0.25, 0.3) is 0 Å². The van der Waals surface area contributed by atoms with Crippen LogP contribution in [-0.2, 0) is 11.2 Å². The zero-order valence-electron chi connectivity index (χ0n) is 14.1. The van der Waals surface area contributed by atoms with Gasteiger partial charge in [-0.15, -0.1) is 0 Å². The lowest BCUT2D eigenvalue weighted by Crippen LogP contribution is -2.02. The summed E-state index contributed by atoms with van der Waals surface area (Å²) < 4.78 is 0. The van der Waals surface area contributed by atoms with Crippen molar-refractivity contribution in [1.82, 2.24) is 0 Å². The molecule has 0 saturated carbocycles. The van der Waals surface area contributed by atoms with E-state index in [0.29, 0.717) is 12.0 Å². The van der Waals surface area contributed by atoms with Crippen LogP contribution in [0.25, 0.3) is 0 Å². The number of benzene rings is 1. The Labute approximate surface area is 139 Å².